The minimum absolute atomic E-state index is 0.178. The van der Waals surface area contributed by atoms with Crippen LogP contribution in [0, 0.1) is 0 Å². The van der Waals surface area contributed by atoms with Gasteiger partial charge >= 0.3 is 0 Å². The molecule has 0 saturated heterocycles. The lowest BCUT2D eigenvalue weighted by molar-refractivity contribution is 0.167. The number of rotatable bonds is 14. The van der Waals surface area contributed by atoms with Gasteiger partial charge in [-0.05, 0) is 6.42 Å². The summed E-state index contributed by atoms with van der Waals surface area (Å²) < 4.78 is 0. The predicted molar refractivity (Wildman–Crippen MR) is 77.4 cm³/mol. The first-order valence-electron chi connectivity index (χ1n) is 7.84. The standard InChI is InChI=1S/C16H31O2/c1-2-3-4-5-6-7-8-9-10-11-12-13-16(18)14-15-17/h16,18H,2-14H2,1H3/t16-/m1/s1. The van der Waals surface area contributed by atoms with Gasteiger partial charge in [0, 0.05) is 6.42 Å². The third-order valence-corrected chi connectivity index (χ3v) is 3.46. The van der Waals surface area contributed by atoms with E-state index in [1.54, 1.807) is 6.29 Å². The molecule has 18 heavy (non-hydrogen) atoms. The third-order valence-electron chi connectivity index (χ3n) is 3.46. The Bertz CT molecular complexity index is 168. The second-order valence-electron chi connectivity index (χ2n) is 5.33. The number of hydrogen-bond donors (Lipinski definition) is 1. The Labute approximate surface area is 113 Å². The fourth-order valence-electron chi connectivity index (χ4n) is 2.24. The molecule has 0 bridgehead atoms. The lowest BCUT2D eigenvalue weighted by Gasteiger charge is -2.06. The van der Waals surface area contributed by atoms with Crippen LogP contribution in [-0.4, -0.2) is 17.5 Å². The molecule has 0 spiro atoms. The van der Waals surface area contributed by atoms with Crippen molar-refractivity contribution in [3.63, 3.8) is 0 Å². The van der Waals surface area contributed by atoms with Gasteiger partial charge in [-0.2, -0.15) is 0 Å². The Morgan fingerprint density at radius 3 is 1.72 bits per heavy atom. The number of aliphatic hydroxyl groups is 1. The lowest BCUT2D eigenvalue weighted by atomic mass is 10.0. The van der Waals surface area contributed by atoms with Crippen molar-refractivity contribution in [1.82, 2.24) is 0 Å². The van der Waals surface area contributed by atoms with E-state index in [0.29, 0.717) is 0 Å². The largest absolute Gasteiger partial charge is 0.393 e. The Hall–Kier alpha value is -0.370. The summed E-state index contributed by atoms with van der Waals surface area (Å²) in [7, 11) is 0. The monoisotopic (exact) mass is 255 g/mol. The van der Waals surface area contributed by atoms with Crippen LogP contribution in [0.5, 0.6) is 0 Å². The van der Waals surface area contributed by atoms with E-state index in [-0.39, 0.29) is 6.42 Å². The molecule has 2 nitrogen and oxygen atoms in total. The molecule has 0 saturated carbocycles. The number of aliphatic hydroxyl groups excluding tert-OH is 1. The summed E-state index contributed by atoms with van der Waals surface area (Å²) >= 11 is 0. The van der Waals surface area contributed by atoms with E-state index in [1.165, 1.54) is 64.2 Å². The molecule has 0 unspecified atom stereocenters. The average Bonchev–Trinajstić information content (AvgIpc) is 2.36. The van der Waals surface area contributed by atoms with Gasteiger partial charge in [-0.15, -0.1) is 0 Å². The SMILES string of the molecule is CCCCCCCCCCCCC[C@@H](O)C[C]=O. The summed E-state index contributed by atoms with van der Waals surface area (Å²) in [4.78, 5) is 10.0. The summed E-state index contributed by atoms with van der Waals surface area (Å²) in [5.74, 6) is 0. The predicted octanol–water partition coefficient (Wildman–Crippen LogP) is 4.55. The molecule has 0 aliphatic heterocycles. The zero-order valence-electron chi connectivity index (χ0n) is 12.1. The minimum atomic E-state index is -0.457. The molecular formula is C16H31O2. The molecule has 0 aliphatic carbocycles. The van der Waals surface area contributed by atoms with Crippen LogP contribution in [0.15, 0.2) is 0 Å². The van der Waals surface area contributed by atoms with E-state index < -0.39 is 6.10 Å². The van der Waals surface area contributed by atoms with Gasteiger partial charge in [-0.1, -0.05) is 77.6 Å². The average molecular weight is 255 g/mol. The van der Waals surface area contributed by atoms with Crippen molar-refractivity contribution in [3.8, 4) is 0 Å². The second kappa shape index (κ2) is 14.7. The molecule has 0 heterocycles. The molecule has 0 aromatic carbocycles. The topological polar surface area (TPSA) is 37.3 Å². The van der Waals surface area contributed by atoms with Gasteiger partial charge in [-0.25, -0.2) is 0 Å². The maximum atomic E-state index is 10.0. The van der Waals surface area contributed by atoms with Crippen LogP contribution in [0.3, 0.4) is 0 Å². The summed E-state index contributed by atoms with van der Waals surface area (Å²) in [6.07, 6.45) is 16.7. The summed E-state index contributed by atoms with van der Waals surface area (Å²) in [5.41, 5.74) is 0. The van der Waals surface area contributed by atoms with Gasteiger partial charge in [0.05, 0.1) is 6.10 Å². The molecule has 0 aromatic rings. The van der Waals surface area contributed by atoms with Crippen LogP contribution < -0.4 is 0 Å². The molecule has 1 atom stereocenters. The van der Waals surface area contributed by atoms with Gasteiger partial charge in [0.1, 0.15) is 0 Å². The van der Waals surface area contributed by atoms with Crippen molar-refractivity contribution in [2.24, 2.45) is 0 Å². The van der Waals surface area contributed by atoms with E-state index >= 15 is 0 Å². The zero-order valence-corrected chi connectivity index (χ0v) is 12.1. The van der Waals surface area contributed by atoms with Crippen molar-refractivity contribution in [2.45, 2.75) is 96.5 Å². The summed E-state index contributed by atoms with van der Waals surface area (Å²) in [5, 5.41) is 9.33. The van der Waals surface area contributed by atoms with Gasteiger partial charge in [0.15, 0.2) is 0 Å². The summed E-state index contributed by atoms with van der Waals surface area (Å²) in [6.45, 7) is 2.25. The first-order chi connectivity index (χ1) is 8.81. The van der Waals surface area contributed by atoms with Gasteiger partial charge in [0.25, 0.3) is 0 Å². The van der Waals surface area contributed by atoms with Crippen molar-refractivity contribution in [2.75, 3.05) is 0 Å². The summed E-state index contributed by atoms with van der Waals surface area (Å²) in [6, 6.07) is 0. The number of carbonyl (C=O) groups excluding carboxylic acids is 1. The van der Waals surface area contributed by atoms with Crippen LogP contribution in [0.4, 0.5) is 0 Å². The first kappa shape index (κ1) is 17.6. The van der Waals surface area contributed by atoms with E-state index in [9.17, 15) is 9.90 Å². The highest BCUT2D eigenvalue weighted by atomic mass is 16.3. The van der Waals surface area contributed by atoms with Crippen molar-refractivity contribution < 1.29 is 9.90 Å². The van der Waals surface area contributed by atoms with Gasteiger partial charge < -0.3 is 5.11 Å². The van der Waals surface area contributed by atoms with Crippen LogP contribution in [0.2, 0.25) is 0 Å². The lowest BCUT2D eigenvalue weighted by Crippen LogP contribution is -2.06. The molecule has 0 amide bonds. The number of hydrogen-bond acceptors (Lipinski definition) is 2. The molecule has 107 valence electrons. The van der Waals surface area contributed by atoms with Crippen LogP contribution in [0.25, 0.3) is 0 Å². The highest BCUT2D eigenvalue weighted by molar-refractivity contribution is 5.51. The quantitative estimate of drug-likeness (QED) is 0.462. The van der Waals surface area contributed by atoms with Gasteiger partial charge in [0.2, 0.25) is 6.29 Å². The Morgan fingerprint density at radius 2 is 1.28 bits per heavy atom. The molecule has 0 aliphatic rings. The van der Waals surface area contributed by atoms with Crippen molar-refractivity contribution in [1.29, 1.82) is 0 Å². The Kier molecular flexibility index (Phi) is 14.4. The van der Waals surface area contributed by atoms with E-state index in [2.05, 4.69) is 6.92 Å². The minimum Gasteiger partial charge on any atom is -0.393 e. The van der Waals surface area contributed by atoms with Gasteiger partial charge in [-0.3, -0.25) is 4.79 Å². The molecule has 0 fully saturated rings. The molecule has 1 N–H and O–H groups in total. The number of unbranched alkanes of at least 4 members (excludes halogenated alkanes) is 10. The third kappa shape index (κ3) is 13.7. The second-order valence-corrected chi connectivity index (χ2v) is 5.33. The van der Waals surface area contributed by atoms with Crippen LogP contribution in [0.1, 0.15) is 90.4 Å². The maximum Gasteiger partial charge on any atom is 0.201 e. The highest BCUT2D eigenvalue weighted by Crippen LogP contribution is 2.12. The smallest absolute Gasteiger partial charge is 0.201 e. The molecule has 0 rings (SSSR count). The zero-order chi connectivity index (χ0) is 13.5. The Balaban J connectivity index is 3.00. The highest BCUT2D eigenvalue weighted by Gasteiger charge is 2.02. The fraction of sp³-hybridized carbons (Fsp3) is 0.938. The Morgan fingerprint density at radius 1 is 0.833 bits per heavy atom. The van der Waals surface area contributed by atoms with Crippen molar-refractivity contribution in [3.05, 3.63) is 0 Å². The molecule has 1 radical (unpaired) electrons. The van der Waals surface area contributed by atoms with Crippen LogP contribution >= 0.6 is 0 Å². The van der Waals surface area contributed by atoms with E-state index in [4.69, 9.17) is 0 Å². The fourth-order valence-corrected chi connectivity index (χ4v) is 2.24. The van der Waals surface area contributed by atoms with E-state index in [0.717, 1.165) is 12.8 Å². The normalized spacial score (nSPS) is 12.6. The van der Waals surface area contributed by atoms with Crippen LogP contribution in [-0.2, 0) is 4.79 Å². The first-order valence-corrected chi connectivity index (χ1v) is 7.84. The molecule has 0 aromatic heterocycles. The maximum absolute atomic E-state index is 10.0. The molecule has 2 heteroatoms. The van der Waals surface area contributed by atoms with Crippen molar-refractivity contribution >= 4 is 6.29 Å². The van der Waals surface area contributed by atoms with E-state index in [1.807, 2.05) is 0 Å². The molecular weight excluding hydrogens is 224 g/mol.